The predicted molar refractivity (Wildman–Crippen MR) is 172 cm³/mol. The summed E-state index contributed by atoms with van der Waals surface area (Å²) in [5.41, 5.74) is 9.57. The summed E-state index contributed by atoms with van der Waals surface area (Å²) in [5, 5.41) is 40.2. The van der Waals surface area contributed by atoms with Crippen LogP contribution in [0.15, 0.2) is 82.5 Å². The molecule has 2 aromatic carbocycles. The van der Waals surface area contributed by atoms with Gasteiger partial charge in [0.2, 0.25) is 0 Å². The smallest absolute Gasteiger partial charge is 0.744 e. The van der Waals surface area contributed by atoms with E-state index in [4.69, 9.17) is 11.5 Å². The third-order valence-electron chi connectivity index (χ3n) is 5.77. The average molecular weight is 958 g/mol. The second kappa shape index (κ2) is 28.2. The topological polar surface area (TPSA) is 399 Å². The Morgan fingerprint density at radius 3 is 1.23 bits per heavy atom. The normalized spacial score (nSPS) is 11.9. The first-order chi connectivity index (χ1) is 24.3. The third kappa shape index (κ3) is 19.6. The Morgan fingerprint density at radius 1 is 0.579 bits per heavy atom. The number of azo groups is 2. The van der Waals surface area contributed by atoms with Gasteiger partial charge in [0.1, 0.15) is 43.0 Å². The van der Waals surface area contributed by atoms with Gasteiger partial charge in [-0.05, 0) is 36.4 Å². The van der Waals surface area contributed by atoms with Crippen molar-refractivity contribution in [2.75, 3.05) is 36.2 Å². The zero-order valence-corrected chi connectivity index (χ0v) is 42.0. The molecule has 0 amide bonds. The molecule has 0 atom stereocenters. The summed E-state index contributed by atoms with van der Waals surface area (Å²) in [7, 11) is -19.2. The molecule has 294 valence electrons. The van der Waals surface area contributed by atoms with Gasteiger partial charge >= 0.3 is 118 Å². The summed E-state index contributed by atoms with van der Waals surface area (Å²) in [6.45, 7) is -1.09. The van der Waals surface area contributed by atoms with E-state index in [1.54, 1.807) is 0 Å². The predicted octanol–water partition coefficient (Wildman–Crippen LogP) is -11.3. The van der Waals surface area contributed by atoms with Gasteiger partial charge in [0.05, 0.1) is 44.3 Å². The van der Waals surface area contributed by atoms with Crippen LogP contribution in [0, 0.1) is 0 Å². The van der Waals surface area contributed by atoms with Crippen molar-refractivity contribution in [3.05, 3.63) is 42.5 Å². The van der Waals surface area contributed by atoms with Crippen LogP contribution in [0.4, 0.5) is 34.4 Å². The van der Waals surface area contributed by atoms with E-state index in [1.807, 2.05) is 0 Å². The fourth-order valence-corrected chi connectivity index (χ4v) is 7.77. The number of nitrogen functional groups attached to an aromatic ring is 2. The van der Waals surface area contributed by atoms with Crippen molar-refractivity contribution in [3.63, 3.8) is 0 Å². The molecule has 0 radical (unpaired) electrons. The van der Waals surface area contributed by atoms with Crippen molar-refractivity contribution < 1.29 is 199 Å². The Hall–Kier alpha value is 0.490. The number of anilines is 2. The Balaban J connectivity index is -0.00000583. The molecule has 0 saturated carbocycles. The Bertz CT molecular complexity index is 2120. The molecule has 0 spiro atoms. The minimum Gasteiger partial charge on any atom is -0.744 e. The summed E-state index contributed by atoms with van der Waals surface area (Å²) in [6, 6.07) is 5.50. The number of nitrogens with two attached hydrogens (primary N) is 2. The van der Waals surface area contributed by atoms with Crippen LogP contribution in [0.5, 0.6) is 0 Å². The van der Waals surface area contributed by atoms with Gasteiger partial charge in [-0.1, -0.05) is 7.43 Å². The number of rotatable bonds is 20. The quantitative estimate of drug-likeness (QED) is 0.0202. The monoisotopic (exact) mass is 957 g/mol. The second-order valence-electron chi connectivity index (χ2n) is 9.05. The molecule has 1 aromatic heterocycles. The summed E-state index contributed by atoms with van der Waals surface area (Å²) < 4.78 is 139. The molecule has 0 aliphatic heterocycles. The van der Waals surface area contributed by atoms with E-state index < -0.39 is 107 Å². The maximum Gasteiger partial charge on any atom is 1.00 e. The van der Waals surface area contributed by atoms with Crippen LogP contribution in [0.3, 0.4) is 0 Å². The molecule has 3 rings (SSSR count). The van der Waals surface area contributed by atoms with E-state index in [1.165, 1.54) is 0 Å². The molecular weight excluding hydrogens is 935 g/mol. The molecule has 25 nitrogen and oxygen atoms in total. The van der Waals surface area contributed by atoms with Crippen LogP contribution in [-0.2, 0) is 67.0 Å². The Kier molecular flexibility index (Phi) is 30.6. The summed E-state index contributed by atoms with van der Waals surface area (Å²) in [6.07, 6.45) is 0. The average Bonchev–Trinajstić information content (AvgIpc) is 3.06. The summed E-state index contributed by atoms with van der Waals surface area (Å²) in [5.74, 6) is -2.35. The summed E-state index contributed by atoms with van der Waals surface area (Å²) >= 11 is 0.0670. The second-order valence-corrected chi connectivity index (χ2v) is 17.0. The van der Waals surface area contributed by atoms with Crippen molar-refractivity contribution in [3.8, 4) is 0 Å². The van der Waals surface area contributed by atoms with Crippen molar-refractivity contribution in [2.24, 2.45) is 20.5 Å². The van der Waals surface area contributed by atoms with E-state index >= 15 is 0 Å². The first-order valence-electron chi connectivity index (χ1n) is 12.8. The maximum absolute atomic E-state index is 12.6. The number of hydrogen-bond donors (Lipinski definition) is 2. The molecular formula is C22H23N7Na4O18S6. The van der Waals surface area contributed by atoms with Crippen LogP contribution >= 0.6 is 24.6 Å². The van der Waals surface area contributed by atoms with Crippen LogP contribution in [-0.4, -0.2) is 72.5 Å². The van der Waals surface area contributed by atoms with Gasteiger partial charge in [-0.3, -0.25) is 18.4 Å². The van der Waals surface area contributed by atoms with Crippen LogP contribution < -0.4 is 140 Å². The standard InChI is InChI=1S/C21H23N7O18S6.CH4.4Na/c22-20-16(27-25-14-3-1-12(9-18(14)51(35,36)37)49(31,32)7-5-41-47-45-43-29)11-17(21(23)24-20)28-26-15-4-2-13(10-19(15)52(38,39)40)50(33,34)8-6-42-48-46-44-30;;;;;/h1-4,9-11,29-30H,5-8H2,(H4,22,23,24)(H,35,36,37)(H,38,39,40);1H4;;;;/q;;4*+1/p-4. The largest absolute Gasteiger partial charge is 1.00 e. The number of nitrogens with zero attached hydrogens (tertiary/aromatic N) is 5. The third-order valence-corrected chi connectivity index (χ3v) is 11.6. The minimum atomic E-state index is -5.37. The van der Waals surface area contributed by atoms with E-state index in [9.17, 15) is 53.3 Å². The van der Waals surface area contributed by atoms with Gasteiger partial charge in [0, 0.05) is 6.07 Å². The van der Waals surface area contributed by atoms with E-state index in [2.05, 4.69) is 52.6 Å². The molecule has 0 aliphatic rings. The van der Waals surface area contributed by atoms with E-state index in [0.717, 1.165) is 30.3 Å². The van der Waals surface area contributed by atoms with Crippen molar-refractivity contribution in [1.82, 2.24) is 4.98 Å². The maximum atomic E-state index is 12.6. The van der Waals surface area contributed by atoms with Crippen molar-refractivity contribution in [2.45, 2.75) is 27.0 Å². The molecule has 0 saturated heterocycles. The molecule has 3 aromatic rings. The summed E-state index contributed by atoms with van der Waals surface area (Å²) in [4.78, 5) is 0.302. The zero-order chi connectivity index (χ0) is 38.7. The van der Waals surface area contributed by atoms with E-state index in [0.29, 0.717) is 12.1 Å². The fourth-order valence-electron chi connectivity index (χ4n) is 3.49. The van der Waals surface area contributed by atoms with Crippen molar-refractivity contribution >= 4 is 98.9 Å². The van der Waals surface area contributed by atoms with Gasteiger partial charge in [-0.2, -0.15) is 0 Å². The molecule has 0 fully saturated rings. The molecule has 4 N–H and O–H groups in total. The van der Waals surface area contributed by atoms with Gasteiger partial charge in [0.15, 0.2) is 56.0 Å². The molecule has 57 heavy (non-hydrogen) atoms. The van der Waals surface area contributed by atoms with Crippen molar-refractivity contribution in [1.29, 1.82) is 0 Å². The van der Waals surface area contributed by atoms with Gasteiger partial charge in [-0.15, -0.1) is 29.1 Å². The first kappa shape index (κ1) is 61.8. The Labute approximate surface area is 422 Å². The van der Waals surface area contributed by atoms with Crippen LogP contribution in [0.2, 0.25) is 0 Å². The Morgan fingerprint density at radius 2 is 0.912 bits per heavy atom. The molecule has 0 unspecified atom stereocenters. The zero-order valence-electron chi connectivity index (χ0n) is 29.1. The first-order valence-corrected chi connectivity index (χ1v) is 20.3. The number of hydrogen-bond acceptors (Lipinski definition) is 27. The van der Waals surface area contributed by atoms with E-state index in [-0.39, 0.29) is 162 Å². The molecule has 0 bridgehead atoms. The number of benzene rings is 2. The minimum absolute atomic E-state index is 0. The van der Waals surface area contributed by atoms with Crippen LogP contribution in [0.1, 0.15) is 7.43 Å². The number of pyridine rings is 1. The SMILES string of the molecule is C.Nc1nc(N)c(N=Nc2ccc(S(=O)(=O)CCOSOO[O-])cc2S(=O)(=O)[O-])cc1N=Nc1ccc(S(=O)(=O)CCOSOO[O-])cc1S(=O)(=O)[O-].[Na+].[Na+].[Na+].[Na+]. The van der Waals surface area contributed by atoms with Gasteiger partial charge < -0.3 is 31.1 Å². The fraction of sp³-hybridized carbons (Fsp3) is 0.227. The van der Waals surface area contributed by atoms with Gasteiger partial charge in [-0.25, -0.2) is 38.7 Å². The van der Waals surface area contributed by atoms with Gasteiger partial charge in [0.25, 0.3) is 0 Å². The van der Waals surface area contributed by atoms with Crippen LogP contribution in [0.25, 0.3) is 0 Å². The number of aromatic nitrogens is 1. The number of sulfone groups is 2. The molecule has 1 heterocycles. The molecule has 0 aliphatic carbocycles. The molecule has 35 heteroatoms.